The van der Waals surface area contributed by atoms with Gasteiger partial charge in [-0.05, 0) is 12.1 Å². The molecule has 0 spiro atoms. The quantitative estimate of drug-likeness (QED) is 0.535. The summed E-state index contributed by atoms with van der Waals surface area (Å²) in [4.78, 5) is 43.8. The number of ether oxygens (including phenoxy) is 1. The number of rotatable bonds is 3. The summed E-state index contributed by atoms with van der Waals surface area (Å²) >= 11 is 0. The molecule has 108 valence electrons. The highest BCUT2D eigenvalue weighted by Gasteiger charge is 2.34. The first-order valence-electron chi connectivity index (χ1n) is 5.11. The van der Waals surface area contributed by atoms with Crippen LogP contribution in [0.3, 0.4) is 0 Å². The summed E-state index contributed by atoms with van der Waals surface area (Å²) in [5.74, 6) is 0.368. The average Bonchev–Trinajstić information content (AvgIpc) is 2.34. The molecule has 0 bridgehead atoms. The number of methoxy groups -OCH3 is 1. The molecule has 0 aliphatic carbocycles. The Kier molecular flexibility index (Phi) is 3.68. The van der Waals surface area contributed by atoms with Crippen molar-refractivity contribution in [2.45, 2.75) is 0 Å². The van der Waals surface area contributed by atoms with Gasteiger partial charge < -0.3 is 24.3 Å². The zero-order valence-corrected chi connectivity index (χ0v) is 11.8. The van der Waals surface area contributed by atoms with E-state index in [0.717, 1.165) is 0 Å². The molecule has 0 atom stereocenters. The molecule has 1 aromatic heterocycles. The monoisotopic (exact) mass is 320 g/mol. The van der Waals surface area contributed by atoms with E-state index in [0.29, 0.717) is 5.75 Å². The molecule has 20 heavy (non-hydrogen) atoms. The van der Waals surface area contributed by atoms with Crippen LogP contribution in [-0.2, 0) is 9.13 Å². The van der Waals surface area contributed by atoms with Crippen LogP contribution in [0.1, 0.15) is 0 Å². The Morgan fingerprint density at radius 2 is 1.45 bits per heavy atom. The second kappa shape index (κ2) is 4.89. The fourth-order valence-electron chi connectivity index (χ4n) is 1.53. The van der Waals surface area contributed by atoms with E-state index in [1.165, 1.54) is 25.3 Å². The van der Waals surface area contributed by atoms with Gasteiger partial charge in [0.1, 0.15) is 5.75 Å². The van der Waals surface area contributed by atoms with Gasteiger partial charge >= 0.3 is 15.2 Å². The number of nitrogens with zero attached hydrogens (tertiary/aromatic N) is 2. The van der Waals surface area contributed by atoms with Gasteiger partial charge in [0.2, 0.25) is 0 Å². The molecule has 1 aromatic carbocycles. The summed E-state index contributed by atoms with van der Waals surface area (Å²) in [6, 6.07) is 4.21. The fraction of sp³-hybridized carbons (Fsp3) is 0.111. The van der Waals surface area contributed by atoms with Crippen LogP contribution in [0.5, 0.6) is 5.75 Å². The van der Waals surface area contributed by atoms with Crippen LogP contribution in [-0.4, -0.2) is 36.7 Å². The van der Waals surface area contributed by atoms with Crippen molar-refractivity contribution in [3.8, 4) is 5.75 Å². The van der Waals surface area contributed by atoms with E-state index in [1.807, 2.05) is 0 Å². The minimum Gasteiger partial charge on any atom is -0.497 e. The predicted molar refractivity (Wildman–Crippen MR) is 69.4 cm³/mol. The molecule has 0 aliphatic heterocycles. The maximum atomic E-state index is 11.3. The predicted octanol–water partition coefficient (Wildman–Crippen LogP) is -0.756. The third kappa shape index (κ3) is 2.88. The lowest BCUT2D eigenvalue weighted by molar-refractivity contribution is 0.379. The van der Waals surface area contributed by atoms with Gasteiger partial charge in [-0.15, -0.1) is 0 Å². The molecule has 0 fully saturated rings. The summed E-state index contributed by atoms with van der Waals surface area (Å²) < 4.78 is 27.5. The van der Waals surface area contributed by atoms with Crippen LogP contribution in [0, 0.1) is 0 Å². The van der Waals surface area contributed by atoms with E-state index in [-0.39, 0.29) is 11.0 Å². The molecule has 0 unspecified atom stereocenters. The van der Waals surface area contributed by atoms with Gasteiger partial charge in [-0.1, -0.05) is 0 Å². The minimum atomic E-state index is -4.99. The van der Waals surface area contributed by atoms with Crippen LogP contribution >= 0.6 is 15.2 Å². The Hall–Kier alpha value is -1.34. The molecule has 0 radical (unpaired) electrons. The second-order valence-electron chi connectivity index (χ2n) is 3.81. The highest BCUT2D eigenvalue weighted by atomic mass is 31.2. The van der Waals surface area contributed by atoms with Gasteiger partial charge in [-0.2, -0.15) is 0 Å². The van der Waals surface area contributed by atoms with E-state index >= 15 is 0 Å². The van der Waals surface area contributed by atoms with Gasteiger partial charge in [-0.3, -0.25) is 9.13 Å². The molecule has 1 heterocycles. The Bertz CT molecular complexity index is 766. The van der Waals surface area contributed by atoms with Gasteiger partial charge in [0.05, 0.1) is 18.1 Å². The number of hydrogen-bond acceptors (Lipinski definition) is 5. The zero-order valence-electron chi connectivity index (χ0n) is 10.0. The summed E-state index contributed by atoms with van der Waals surface area (Å²) in [6.45, 7) is 0. The molecular weight excluding hydrogens is 310 g/mol. The highest BCUT2D eigenvalue weighted by molar-refractivity contribution is 7.66. The van der Waals surface area contributed by atoms with Crippen molar-refractivity contribution in [3.05, 3.63) is 18.2 Å². The van der Waals surface area contributed by atoms with E-state index in [9.17, 15) is 9.13 Å². The molecule has 2 aromatic rings. The lowest BCUT2D eigenvalue weighted by Crippen LogP contribution is -2.31. The third-order valence-electron chi connectivity index (χ3n) is 2.39. The Morgan fingerprint density at radius 3 is 1.90 bits per heavy atom. The number of fused-ring (bicyclic) bond motifs is 1. The smallest absolute Gasteiger partial charge is 0.377 e. The van der Waals surface area contributed by atoms with Gasteiger partial charge in [0, 0.05) is 6.07 Å². The molecule has 0 amide bonds. The molecule has 0 saturated heterocycles. The van der Waals surface area contributed by atoms with Crippen molar-refractivity contribution >= 4 is 37.1 Å². The largest absolute Gasteiger partial charge is 0.497 e. The van der Waals surface area contributed by atoms with E-state index in [2.05, 4.69) is 9.97 Å². The molecule has 2 rings (SSSR count). The van der Waals surface area contributed by atoms with Crippen LogP contribution in [0.2, 0.25) is 0 Å². The van der Waals surface area contributed by atoms with Crippen molar-refractivity contribution in [2.75, 3.05) is 7.11 Å². The molecule has 0 saturated carbocycles. The first kappa shape index (κ1) is 15.1. The Labute approximate surface area is 112 Å². The Morgan fingerprint density at radius 1 is 0.950 bits per heavy atom. The molecular formula is C9H10N2O7P2. The van der Waals surface area contributed by atoms with Crippen LogP contribution < -0.4 is 15.6 Å². The Balaban J connectivity index is 2.85. The van der Waals surface area contributed by atoms with Crippen molar-refractivity contribution in [1.82, 2.24) is 9.97 Å². The van der Waals surface area contributed by atoms with E-state index < -0.39 is 26.1 Å². The molecule has 9 nitrogen and oxygen atoms in total. The van der Waals surface area contributed by atoms with Crippen molar-refractivity contribution < 1.29 is 33.4 Å². The van der Waals surface area contributed by atoms with Crippen molar-refractivity contribution in [2.24, 2.45) is 0 Å². The summed E-state index contributed by atoms with van der Waals surface area (Å²) in [5.41, 5.74) is -1.92. The number of hydrogen-bond donors (Lipinski definition) is 4. The van der Waals surface area contributed by atoms with E-state index in [1.54, 1.807) is 0 Å². The van der Waals surface area contributed by atoms with E-state index in [4.69, 9.17) is 24.3 Å². The van der Waals surface area contributed by atoms with Crippen molar-refractivity contribution in [1.29, 1.82) is 0 Å². The number of aromatic nitrogens is 2. The maximum absolute atomic E-state index is 11.3. The molecule has 11 heteroatoms. The minimum absolute atomic E-state index is 0.0554. The first-order chi connectivity index (χ1) is 9.13. The first-order valence-corrected chi connectivity index (χ1v) is 8.33. The average molecular weight is 320 g/mol. The lowest BCUT2D eigenvalue weighted by Gasteiger charge is -2.12. The molecule has 0 aliphatic rings. The lowest BCUT2D eigenvalue weighted by atomic mass is 10.3. The van der Waals surface area contributed by atoms with Crippen LogP contribution in [0.4, 0.5) is 0 Å². The molecule has 4 N–H and O–H groups in total. The summed E-state index contributed by atoms with van der Waals surface area (Å²) in [5, 5.41) is 0. The summed E-state index contributed by atoms with van der Waals surface area (Å²) in [6.07, 6.45) is 0. The maximum Gasteiger partial charge on any atom is 0.377 e. The van der Waals surface area contributed by atoms with Gasteiger partial charge in [0.25, 0.3) is 0 Å². The second-order valence-corrected chi connectivity index (χ2v) is 6.84. The standard InChI is InChI=1S/C9H10N2O7P2/c1-18-5-2-3-6-7(4-5)11-9(20(15,16)17)8(10-6)19(12,13)14/h2-4H,1H3,(H2,12,13,14)(H2,15,16,17). The zero-order chi connectivity index (χ0) is 15.1. The fourth-order valence-corrected chi connectivity index (χ4v) is 3.41. The topological polar surface area (TPSA) is 150 Å². The van der Waals surface area contributed by atoms with Gasteiger partial charge in [0.15, 0.2) is 10.9 Å². The van der Waals surface area contributed by atoms with Crippen LogP contribution in [0.15, 0.2) is 18.2 Å². The SMILES string of the molecule is COc1ccc2nc(P(=O)(O)O)c(P(=O)(O)O)nc2c1. The van der Waals surface area contributed by atoms with Crippen molar-refractivity contribution in [3.63, 3.8) is 0 Å². The third-order valence-corrected chi connectivity index (χ3v) is 4.29. The van der Waals surface area contributed by atoms with Gasteiger partial charge in [-0.25, -0.2) is 9.97 Å². The highest BCUT2D eigenvalue weighted by Crippen LogP contribution is 2.39. The summed E-state index contributed by atoms with van der Waals surface area (Å²) in [7, 11) is -8.57. The number of benzene rings is 1. The van der Waals surface area contributed by atoms with Crippen LogP contribution in [0.25, 0.3) is 11.0 Å². The normalized spacial score (nSPS) is 12.7.